The van der Waals surface area contributed by atoms with Crippen LogP contribution in [0.15, 0.2) is 35.6 Å². The molecule has 162 valence electrons. The van der Waals surface area contributed by atoms with Crippen LogP contribution in [0.1, 0.15) is 12.1 Å². The van der Waals surface area contributed by atoms with E-state index in [2.05, 4.69) is 25.7 Å². The molecular weight excluding hydrogens is 499 g/mol. The highest BCUT2D eigenvalue weighted by Gasteiger charge is 2.27. The Morgan fingerprint density at radius 2 is 2.10 bits per heavy atom. The van der Waals surface area contributed by atoms with E-state index < -0.39 is 0 Å². The van der Waals surface area contributed by atoms with Crippen LogP contribution >= 0.6 is 24.0 Å². The van der Waals surface area contributed by atoms with Crippen molar-refractivity contribution in [3.05, 3.63) is 36.3 Å². The number of guanidine groups is 1. The van der Waals surface area contributed by atoms with Gasteiger partial charge in [-0.3, -0.25) is 19.3 Å². The van der Waals surface area contributed by atoms with E-state index in [1.807, 2.05) is 37.2 Å². The van der Waals surface area contributed by atoms with Crippen LogP contribution in [0.4, 0.5) is 11.5 Å². The molecule has 1 aliphatic heterocycles. The van der Waals surface area contributed by atoms with Crippen LogP contribution in [0.5, 0.6) is 0 Å². The van der Waals surface area contributed by atoms with E-state index in [0.717, 1.165) is 11.4 Å². The van der Waals surface area contributed by atoms with Gasteiger partial charge in [0, 0.05) is 52.0 Å². The zero-order valence-corrected chi connectivity index (χ0v) is 19.7. The van der Waals surface area contributed by atoms with Crippen molar-refractivity contribution < 1.29 is 9.59 Å². The van der Waals surface area contributed by atoms with Gasteiger partial charge in [-0.2, -0.15) is 5.10 Å². The maximum Gasteiger partial charge on any atom is 0.246 e. The minimum absolute atomic E-state index is 0. The van der Waals surface area contributed by atoms with Crippen LogP contribution in [-0.4, -0.2) is 70.7 Å². The SMILES string of the molecule is CN=C(NCCC(=O)Nc1cccc(C)n1)N1CCN(c2cnn(C)c2)C(=O)C1.I. The van der Waals surface area contributed by atoms with Crippen LogP contribution in [0.3, 0.4) is 0 Å². The predicted octanol–water partition coefficient (Wildman–Crippen LogP) is 0.994. The summed E-state index contributed by atoms with van der Waals surface area (Å²) in [5, 5.41) is 10.0. The summed E-state index contributed by atoms with van der Waals surface area (Å²) in [4.78, 5) is 36.8. The number of piperazine rings is 1. The van der Waals surface area contributed by atoms with E-state index in [4.69, 9.17) is 0 Å². The first kappa shape index (κ1) is 23.6. The van der Waals surface area contributed by atoms with Gasteiger partial charge in [0.05, 0.1) is 11.9 Å². The average molecular weight is 526 g/mol. The van der Waals surface area contributed by atoms with Crippen LogP contribution in [0, 0.1) is 6.92 Å². The Morgan fingerprint density at radius 1 is 1.30 bits per heavy atom. The molecule has 1 aliphatic rings. The molecule has 10 nitrogen and oxygen atoms in total. The van der Waals surface area contributed by atoms with Crippen molar-refractivity contribution >= 4 is 53.3 Å². The summed E-state index contributed by atoms with van der Waals surface area (Å²) in [5.74, 6) is 0.987. The number of aryl methyl sites for hydroxylation is 2. The highest BCUT2D eigenvalue weighted by Crippen LogP contribution is 2.16. The maximum absolute atomic E-state index is 12.5. The molecule has 3 rings (SSSR count). The van der Waals surface area contributed by atoms with E-state index in [-0.39, 0.29) is 48.8 Å². The number of aliphatic imine (C=N–C) groups is 1. The summed E-state index contributed by atoms with van der Waals surface area (Å²) in [6.45, 7) is 3.68. The lowest BCUT2D eigenvalue weighted by Gasteiger charge is -2.35. The highest BCUT2D eigenvalue weighted by atomic mass is 127. The molecule has 11 heteroatoms. The normalized spacial score (nSPS) is 14.4. The molecule has 0 atom stereocenters. The third-order valence-electron chi connectivity index (χ3n) is 4.53. The maximum atomic E-state index is 12.5. The zero-order chi connectivity index (χ0) is 20.8. The molecule has 0 saturated carbocycles. The molecule has 0 unspecified atom stereocenters. The number of hydrogen-bond donors (Lipinski definition) is 2. The number of hydrogen-bond acceptors (Lipinski definition) is 5. The van der Waals surface area contributed by atoms with Gasteiger partial charge in [-0.1, -0.05) is 6.07 Å². The average Bonchev–Trinajstić information content (AvgIpc) is 3.11. The molecule has 2 amide bonds. The lowest BCUT2D eigenvalue weighted by Crippen LogP contribution is -2.55. The molecule has 2 N–H and O–H groups in total. The largest absolute Gasteiger partial charge is 0.356 e. The number of pyridine rings is 1. The molecule has 3 heterocycles. The van der Waals surface area contributed by atoms with E-state index in [1.165, 1.54) is 0 Å². The standard InChI is InChI=1S/C19H26N8O2.HI/c1-14-5-4-6-16(23-14)24-17(28)7-8-21-19(20-2)26-9-10-27(18(29)13-26)15-11-22-25(3)12-15;/h4-6,11-12H,7-10,13H2,1-3H3,(H,20,21)(H,23,24,28);1H. The number of carbonyl (C=O) groups excluding carboxylic acids is 2. The Hall–Kier alpha value is -2.70. The summed E-state index contributed by atoms with van der Waals surface area (Å²) in [5.41, 5.74) is 1.64. The van der Waals surface area contributed by atoms with Crippen LogP contribution in [0.25, 0.3) is 0 Å². The van der Waals surface area contributed by atoms with Gasteiger partial charge < -0.3 is 20.4 Å². The monoisotopic (exact) mass is 526 g/mol. The lowest BCUT2D eigenvalue weighted by molar-refractivity contribution is -0.120. The number of rotatable bonds is 5. The van der Waals surface area contributed by atoms with Gasteiger partial charge in [0.15, 0.2) is 5.96 Å². The Kier molecular flexibility index (Phi) is 8.57. The third kappa shape index (κ3) is 6.15. The number of aromatic nitrogens is 3. The van der Waals surface area contributed by atoms with E-state index in [9.17, 15) is 9.59 Å². The highest BCUT2D eigenvalue weighted by molar-refractivity contribution is 14.0. The molecule has 0 aliphatic carbocycles. The van der Waals surface area contributed by atoms with E-state index in [1.54, 1.807) is 28.9 Å². The zero-order valence-electron chi connectivity index (χ0n) is 17.3. The molecule has 0 radical (unpaired) electrons. The number of amides is 2. The summed E-state index contributed by atoms with van der Waals surface area (Å²) < 4.78 is 1.67. The molecule has 1 fully saturated rings. The molecule has 2 aromatic heterocycles. The number of anilines is 2. The summed E-state index contributed by atoms with van der Waals surface area (Å²) in [6.07, 6.45) is 3.77. The quantitative estimate of drug-likeness (QED) is 0.342. The predicted molar refractivity (Wildman–Crippen MR) is 126 cm³/mol. The van der Waals surface area contributed by atoms with Gasteiger partial charge in [-0.25, -0.2) is 4.98 Å². The number of halogens is 1. The first-order valence-corrected chi connectivity index (χ1v) is 9.44. The van der Waals surface area contributed by atoms with Crippen molar-refractivity contribution in [1.82, 2.24) is 25.0 Å². The van der Waals surface area contributed by atoms with Crippen LogP contribution in [0.2, 0.25) is 0 Å². The van der Waals surface area contributed by atoms with Crippen molar-refractivity contribution in [2.45, 2.75) is 13.3 Å². The fourth-order valence-electron chi connectivity index (χ4n) is 3.11. The van der Waals surface area contributed by atoms with E-state index >= 15 is 0 Å². The topological polar surface area (TPSA) is 108 Å². The Balaban J connectivity index is 0.00000320. The third-order valence-corrected chi connectivity index (χ3v) is 4.53. The minimum atomic E-state index is -0.136. The second-order valence-corrected chi connectivity index (χ2v) is 6.78. The van der Waals surface area contributed by atoms with Crippen molar-refractivity contribution in [2.75, 3.05) is 43.4 Å². The van der Waals surface area contributed by atoms with Gasteiger partial charge in [0.25, 0.3) is 0 Å². The Morgan fingerprint density at radius 3 is 2.73 bits per heavy atom. The number of carbonyl (C=O) groups is 2. The number of nitrogens with zero attached hydrogens (tertiary/aromatic N) is 6. The van der Waals surface area contributed by atoms with Crippen LogP contribution in [-0.2, 0) is 16.6 Å². The molecule has 0 bridgehead atoms. The fraction of sp³-hybridized carbons (Fsp3) is 0.421. The lowest BCUT2D eigenvalue weighted by atomic mass is 10.3. The van der Waals surface area contributed by atoms with Gasteiger partial charge in [-0.15, -0.1) is 24.0 Å². The van der Waals surface area contributed by atoms with Gasteiger partial charge in [0.1, 0.15) is 12.4 Å². The summed E-state index contributed by atoms with van der Waals surface area (Å²) in [6, 6.07) is 5.47. The fourth-order valence-corrected chi connectivity index (χ4v) is 3.11. The first-order chi connectivity index (χ1) is 14.0. The van der Waals surface area contributed by atoms with Crippen molar-refractivity contribution in [3.63, 3.8) is 0 Å². The molecule has 2 aromatic rings. The molecule has 1 saturated heterocycles. The van der Waals surface area contributed by atoms with Crippen molar-refractivity contribution in [2.24, 2.45) is 12.0 Å². The van der Waals surface area contributed by atoms with Crippen molar-refractivity contribution in [1.29, 1.82) is 0 Å². The second kappa shape index (κ2) is 10.9. The molecule has 0 aromatic carbocycles. The second-order valence-electron chi connectivity index (χ2n) is 6.78. The molecule has 0 spiro atoms. The summed E-state index contributed by atoms with van der Waals surface area (Å²) >= 11 is 0. The Bertz CT molecular complexity index is 913. The molecule has 30 heavy (non-hydrogen) atoms. The molecular formula is C19H27IN8O2. The smallest absolute Gasteiger partial charge is 0.246 e. The van der Waals surface area contributed by atoms with Gasteiger partial charge in [0.2, 0.25) is 11.8 Å². The van der Waals surface area contributed by atoms with Gasteiger partial charge >= 0.3 is 0 Å². The van der Waals surface area contributed by atoms with Crippen molar-refractivity contribution in [3.8, 4) is 0 Å². The van der Waals surface area contributed by atoms with Gasteiger partial charge in [-0.05, 0) is 19.1 Å². The van der Waals surface area contributed by atoms with Crippen LogP contribution < -0.4 is 15.5 Å². The van der Waals surface area contributed by atoms with E-state index in [0.29, 0.717) is 31.4 Å². The minimum Gasteiger partial charge on any atom is -0.356 e. The number of nitrogens with one attached hydrogen (secondary N) is 2. The Labute approximate surface area is 192 Å². The summed E-state index contributed by atoms with van der Waals surface area (Å²) in [7, 11) is 3.48. The first-order valence-electron chi connectivity index (χ1n) is 9.44.